The van der Waals surface area contributed by atoms with Crippen LogP contribution >= 0.6 is 0 Å². The number of aliphatic hydroxyl groups is 1. The topological polar surface area (TPSA) is 43.8 Å². The maximum Gasteiger partial charge on any atom is 0.254 e. The Balaban J connectivity index is 1.74. The Kier molecular flexibility index (Phi) is 4.97. The van der Waals surface area contributed by atoms with Crippen molar-refractivity contribution in [1.29, 1.82) is 0 Å². The quantitative estimate of drug-likeness (QED) is 0.927. The van der Waals surface area contributed by atoms with Gasteiger partial charge in [0.25, 0.3) is 5.91 Å². The van der Waals surface area contributed by atoms with Crippen molar-refractivity contribution in [3.63, 3.8) is 0 Å². The zero-order valence-corrected chi connectivity index (χ0v) is 15.3. The SMILES string of the molecule is Cc1cc(C)c(C(=O)N2CCC[C@](O)(CN3CCCC3)C2)cc1C. The number of aryl methyl sites for hydroxylation is 3. The van der Waals surface area contributed by atoms with Crippen LogP contribution in [0.4, 0.5) is 0 Å². The molecule has 4 nitrogen and oxygen atoms in total. The predicted octanol–water partition coefficient (Wildman–Crippen LogP) is 2.67. The lowest BCUT2D eigenvalue weighted by molar-refractivity contribution is -0.0431. The summed E-state index contributed by atoms with van der Waals surface area (Å²) in [7, 11) is 0. The third-order valence-electron chi connectivity index (χ3n) is 5.63. The first-order valence-electron chi connectivity index (χ1n) is 9.20. The molecule has 2 saturated heterocycles. The van der Waals surface area contributed by atoms with Crippen molar-refractivity contribution in [3.05, 3.63) is 34.4 Å². The standard InChI is InChI=1S/C20H30N2O2/c1-15-11-17(3)18(12-16(15)2)19(23)22-10-6-7-20(24,14-22)13-21-8-4-5-9-21/h11-12,24H,4-10,13-14H2,1-3H3/t20-/m0/s1. The van der Waals surface area contributed by atoms with Gasteiger partial charge in [-0.25, -0.2) is 0 Å². The molecule has 24 heavy (non-hydrogen) atoms. The molecule has 1 N–H and O–H groups in total. The van der Waals surface area contributed by atoms with E-state index in [1.165, 1.54) is 18.4 Å². The highest BCUT2D eigenvalue weighted by molar-refractivity contribution is 5.96. The number of amides is 1. The van der Waals surface area contributed by atoms with Gasteiger partial charge in [-0.2, -0.15) is 0 Å². The van der Waals surface area contributed by atoms with Crippen LogP contribution < -0.4 is 0 Å². The van der Waals surface area contributed by atoms with Crippen molar-refractivity contribution >= 4 is 5.91 Å². The van der Waals surface area contributed by atoms with Crippen molar-refractivity contribution in [2.45, 2.75) is 52.1 Å². The molecule has 0 saturated carbocycles. The molecule has 1 atom stereocenters. The highest BCUT2D eigenvalue weighted by Crippen LogP contribution is 2.26. The minimum absolute atomic E-state index is 0.0650. The number of β-amino-alcohol motifs (C(OH)–C–C–N with tert-alkyl or cyclic N) is 1. The van der Waals surface area contributed by atoms with E-state index in [2.05, 4.69) is 17.9 Å². The van der Waals surface area contributed by atoms with Crippen LogP contribution in [0.25, 0.3) is 0 Å². The molecular formula is C20H30N2O2. The van der Waals surface area contributed by atoms with Crippen molar-refractivity contribution < 1.29 is 9.90 Å². The van der Waals surface area contributed by atoms with Crippen molar-refractivity contribution in [2.75, 3.05) is 32.7 Å². The van der Waals surface area contributed by atoms with Gasteiger partial charge in [-0.1, -0.05) is 6.07 Å². The third kappa shape index (κ3) is 3.65. The van der Waals surface area contributed by atoms with Gasteiger partial charge in [0.15, 0.2) is 0 Å². The summed E-state index contributed by atoms with van der Waals surface area (Å²) in [6.07, 6.45) is 4.11. The number of likely N-dealkylation sites (tertiary alicyclic amines) is 2. The van der Waals surface area contributed by atoms with Crippen molar-refractivity contribution in [3.8, 4) is 0 Å². The summed E-state index contributed by atoms with van der Waals surface area (Å²) in [5.74, 6) is 0.0650. The van der Waals surface area contributed by atoms with Crippen LogP contribution in [0.3, 0.4) is 0 Å². The van der Waals surface area contributed by atoms with Gasteiger partial charge < -0.3 is 14.9 Å². The van der Waals surface area contributed by atoms with Crippen LogP contribution in [0.1, 0.15) is 52.7 Å². The van der Waals surface area contributed by atoms with E-state index in [1.807, 2.05) is 24.8 Å². The fourth-order valence-electron chi connectivity index (χ4n) is 4.13. The lowest BCUT2D eigenvalue weighted by atomic mass is 9.91. The lowest BCUT2D eigenvalue weighted by Gasteiger charge is -2.41. The Morgan fingerprint density at radius 2 is 1.71 bits per heavy atom. The molecule has 3 rings (SSSR count). The monoisotopic (exact) mass is 330 g/mol. The van der Waals surface area contributed by atoms with E-state index in [-0.39, 0.29) is 5.91 Å². The highest BCUT2D eigenvalue weighted by atomic mass is 16.3. The van der Waals surface area contributed by atoms with E-state index < -0.39 is 5.60 Å². The number of nitrogens with zero attached hydrogens (tertiary/aromatic N) is 2. The second-order valence-corrected chi connectivity index (χ2v) is 7.79. The van der Waals surface area contributed by atoms with Crippen LogP contribution in [-0.2, 0) is 0 Å². The van der Waals surface area contributed by atoms with Gasteiger partial charge in [-0.05, 0) is 82.3 Å². The van der Waals surface area contributed by atoms with Gasteiger partial charge in [-0.15, -0.1) is 0 Å². The van der Waals surface area contributed by atoms with E-state index in [9.17, 15) is 9.90 Å². The van der Waals surface area contributed by atoms with E-state index in [0.29, 0.717) is 13.1 Å². The summed E-state index contributed by atoms with van der Waals surface area (Å²) in [5, 5.41) is 11.0. The van der Waals surface area contributed by atoms with Crippen molar-refractivity contribution in [1.82, 2.24) is 9.80 Å². The summed E-state index contributed by atoms with van der Waals surface area (Å²) in [4.78, 5) is 17.2. The number of carbonyl (C=O) groups is 1. The summed E-state index contributed by atoms with van der Waals surface area (Å²) in [6, 6.07) is 4.09. The zero-order chi connectivity index (χ0) is 17.3. The van der Waals surface area contributed by atoms with Crippen LogP contribution in [0, 0.1) is 20.8 Å². The summed E-state index contributed by atoms with van der Waals surface area (Å²) >= 11 is 0. The molecular weight excluding hydrogens is 300 g/mol. The minimum Gasteiger partial charge on any atom is -0.387 e. The Bertz CT molecular complexity index is 622. The smallest absolute Gasteiger partial charge is 0.254 e. The Morgan fingerprint density at radius 3 is 2.42 bits per heavy atom. The third-order valence-corrected chi connectivity index (χ3v) is 5.63. The molecule has 0 aliphatic carbocycles. The Labute approximate surface area is 145 Å². The van der Waals surface area contributed by atoms with Crippen molar-refractivity contribution in [2.24, 2.45) is 0 Å². The number of piperidine rings is 1. The van der Waals surface area contributed by atoms with Crippen LogP contribution in [0.5, 0.6) is 0 Å². The van der Waals surface area contributed by atoms with Crippen LogP contribution in [0.2, 0.25) is 0 Å². The fraction of sp³-hybridized carbons (Fsp3) is 0.650. The normalized spacial score (nSPS) is 25.2. The van der Waals surface area contributed by atoms with Gasteiger partial charge in [-0.3, -0.25) is 4.79 Å². The first-order chi connectivity index (χ1) is 11.4. The molecule has 0 radical (unpaired) electrons. The summed E-state index contributed by atoms with van der Waals surface area (Å²) in [6.45, 7) is 10.2. The average Bonchev–Trinajstić information content (AvgIpc) is 3.02. The predicted molar refractivity (Wildman–Crippen MR) is 96.4 cm³/mol. The molecule has 132 valence electrons. The molecule has 0 aromatic heterocycles. The van der Waals surface area contributed by atoms with E-state index in [4.69, 9.17) is 0 Å². The largest absolute Gasteiger partial charge is 0.387 e. The first kappa shape index (κ1) is 17.4. The van der Waals surface area contributed by atoms with Gasteiger partial charge >= 0.3 is 0 Å². The molecule has 2 aliphatic heterocycles. The number of hydrogen-bond acceptors (Lipinski definition) is 3. The Hall–Kier alpha value is -1.39. The average molecular weight is 330 g/mol. The molecule has 0 spiro atoms. The van der Waals surface area contributed by atoms with Gasteiger partial charge in [0, 0.05) is 18.7 Å². The highest BCUT2D eigenvalue weighted by Gasteiger charge is 2.37. The second-order valence-electron chi connectivity index (χ2n) is 7.79. The number of hydrogen-bond donors (Lipinski definition) is 1. The maximum absolute atomic E-state index is 13.0. The zero-order valence-electron chi connectivity index (χ0n) is 15.3. The lowest BCUT2D eigenvalue weighted by Crippen LogP contribution is -2.55. The molecule has 2 fully saturated rings. The van der Waals surface area contributed by atoms with Gasteiger partial charge in [0.05, 0.1) is 12.1 Å². The van der Waals surface area contributed by atoms with Crippen LogP contribution in [0.15, 0.2) is 12.1 Å². The van der Waals surface area contributed by atoms with E-state index >= 15 is 0 Å². The maximum atomic E-state index is 13.0. The molecule has 0 bridgehead atoms. The molecule has 1 aromatic carbocycles. The van der Waals surface area contributed by atoms with Crippen LogP contribution in [-0.4, -0.2) is 59.1 Å². The van der Waals surface area contributed by atoms with Gasteiger partial charge in [0.1, 0.15) is 0 Å². The molecule has 0 unspecified atom stereocenters. The molecule has 1 amide bonds. The number of rotatable bonds is 3. The summed E-state index contributed by atoms with van der Waals surface area (Å²) in [5.41, 5.74) is 3.41. The fourth-order valence-corrected chi connectivity index (χ4v) is 4.13. The second kappa shape index (κ2) is 6.85. The summed E-state index contributed by atoms with van der Waals surface area (Å²) < 4.78 is 0. The van der Waals surface area contributed by atoms with E-state index in [0.717, 1.165) is 49.2 Å². The molecule has 4 heteroatoms. The Morgan fingerprint density at radius 1 is 1.04 bits per heavy atom. The van der Waals surface area contributed by atoms with Gasteiger partial charge in [0.2, 0.25) is 0 Å². The molecule has 2 heterocycles. The number of carbonyl (C=O) groups excluding carboxylic acids is 1. The molecule has 2 aliphatic rings. The number of benzene rings is 1. The minimum atomic E-state index is -0.758. The molecule has 1 aromatic rings. The first-order valence-corrected chi connectivity index (χ1v) is 9.20. The van der Waals surface area contributed by atoms with E-state index in [1.54, 1.807) is 0 Å².